The van der Waals surface area contributed by atoms with Gasteiger partial charge >= 0.3 is 0 Å². The van der Waals surface area contributed by atoms with Gasteiger partial charge in [0.1, 0.15) is 11.4 Å². The monoisotopic (exact) mass is 362 g/mol. The summed E-state index contributed by atoms with van der Waals surface area (Å²) in [6.07, 6.45) is 3.60. The number of nitrogens with zero attached hydrogens (tertiary/aromatic N) is 3. The molecule has 1 atom stereocenters. The van der Waals surface area contributed by atoms with Crippen molar-refractivity contribution in [1.29, 1.82) is 0 Å². The van der Waals surface area contributed by atoms with Crippen molar-refractivity contribution in [2.75, 3.05) is 20.2 Å². The Morgan fingerprint density at radius 2 is 2.11 bits per heavy atom. The van der Waals surface area contributed by atoms with Crippen molar-refractivity contribution in [3.63, 3.8) is 0 Å². The molecule has 1 aliphatic rings. The summed E-state index contributed by atoms with van der Waals surface area (Å²) >= 11 is 0. The zero-order valence-electron chi connectivity index (χ0n) is 15.3. The third-order valence-electron chi connectivity index (χ3n) is 4.99. The average molecular weight is 362 g/mol. The quantitative estimate of drug-likeness (QED) is 0.771. The number of rotatable bonds is 4. The van der Waals surface area contributed by atoms with Gasteiger partial charge in [-0.05, 0) is 43.2 Å². The van der Waals surface area contributed by atoms with Crippen LogP contribution in [0.1, 0.15) is 34.9 Å². The summed E-state index contributed by atoms with van der Waals surface area (Å²) in [5, 5.41) is 6.64. The van der Waals surface area contributed by atoms with E-state index in [1.165, 1.54) is 0 Å². The zero-order valence-corrected chi connectivity index (χ0v) is 15.3. The van der Waals surface area contributed by atoms with Crippen LogP contribution in [0.2, 0.25) is 0 Å². The zero-order chi connectivity index (χ0) is 18.6. The fourth-order valence-corrected chi connectivity index (χ4v) is 3.57. The standard InChI is InChI=1S/C21H22N4O2/c1-27-17-7-2-5-15(13-17)18-8-3-9-19(23-18)16-6-4-12-25(14-16)21(26)20-10-11-22-24-20/h2-3,5,7-11,13,16H,4,6,12,14H2,1H3,(H,22,24). The molecule has 1 fully saturated rings. The molecule has 3 heterocycles. The summed E-state index contributed by atoms with van der Waals surface area (Å²) in [5.74, 6) is 1.05. The molecule has 138 valence electrons. The number of pyridine rings is 1. The molecule has 6 heteroatoms. The first-order valence-corrected chi connectivity index (χ1v) is 9.14. The van der Waals surface area contributed by atoms with E-state index in [4.69, 9.17) is 9.72 Å². The minimum Gasteiger partial charge on any atom is -0.497 e. The molecule has 0 bridgehead atoms. The number of aromatic amines is 1. The Balaban J connectivity index is 1.55. The molecule has 4 rings (SSSR count). The summed E-state index contributed by atoms with van der Waals surface area (Å²) < 4.78 is 5.32. The predicted molar refractivity (Wildman–Crippen MR) is 103 cm³/mol. The van der Waals surface area contributed by atoms with Crippen LogP contribution in [0.5, 0.6) is 5.75 Å². The number of aromatic nitrogens is 3. The van der Waals surface area contributed by atoms with Crippen LogP contribution in [0.4, 0.5) is 0 Å². The highest BCUT2D eigenvalue weighted by atomic mass is 16.5. The molecule has 6 nitrogen and oxygen atoms in total. The summed E-state index contributed by atoms with van der Waals surface area (Å²) in [5.41, 5.74) is 3.51. The van der Waals surface area contributed by atoms with Crippen molar-refractivity contribution < 1.29 is 9.53 Å². The second-order valence-corrected chi connectivity index (χ2v) is 6.74. The van der Waals surface area contributed by atoms with Crippen molar-refractivity contribution in [3.05, 3.63) is 66.1 Å². The van der Waals surface area contributed by atoms with E-state index < -0.39 is 0 Å². The second-order valence-electron chi connectivity index (χ2n) is 6.74. The van der Waals surface area contributed by atoms with Crippen LogP contribution >= 0.6 is 0 Å². The number of amides is 1. The van der Waals surface area contributed by atoms with Crippen LogP contribution in [0.25, 0.3) is 11.3 Å². The van der Waals surface area contributed by atoms with E-state index in [9.17, 15) is 4.79 Å². The van der Waals surface area contributed by atoms with Gasteiger partial charge in [0, 0.05) is 36.5 Å². The molecular weight excluding hydrogens is 340 g/mol. The van der Waals surface area contributed by atoms with Gasteiger partial charge < -0.3 is 9.64 Å². The Kier molecular flexibility index (Phi) is 4.87. The van der Waals surface area contributed by atoms with Gasteiger partial charge in [0.05, 0.1) is 12.8 Å². The number of ether oxygens (including phenoxy) is 1. The summed E-state index contributed by atoms with van der Waals surface area (Å²) in [7, 11) is 1.66. The summed E-state index contributed by atoms with van der Waals surface area (Å²) in [4.78, 5) is 19.4. The van der Waals surface area contributed by atoms with Gasteiger partial charge in [-0.15, -0.1) is 0 Å². The molecular formula is C21H22N4O2. The van der Waals surface area contributed by atoms with Gasteiger partial charge in [-0.25, -0.2) is 0 Å². The SMILES string of the molecule is COc1cccc(-c2cccc(C3CCCN(C(=O)c4ccn[nH]4)C3)n2)c1. The highest BCUT2D eigenvalue weighted by Gasteiger charge is 2.27. The first-order chi connectivity index (χ1) is 13.2. The highest BCUT2D eigenvalue weighted by molar-refractivity contribution is 5.92. The van der Waals surface area contributed by atoms with Gasteiger partial charge in [0.2, 0.25) is 0 Å². The number of piperidine rings is 1. The Morgan fingerprint density at radius 3 is 2.93 bits per heavy atom. The number of carbonyl (C=O) groups is 1. The molecule has 2 aromatic heterocycles. The predicted octanol–water partition coefficient (Wildman–Crippen LogP) is 3.50. The number of hydrogen-bond acceptors (Lipinski definition) is 4. The number of likely N-dealkylation sites (tertiary alicyclic amines) is 1. The Hall–Kier alpha value is -3.15. The number of hydrogen-bond donors (Lipinski definition) is 1. The lowest BCUT2D eigenvalue weighted by atomic mass is 9.93. The van der Waals surface area contributed by atoms with Crippen molar-refractivity contribution in [2.45, 2.75) is 18.8 Å². The number of methoxy groups -OCH3 is 1. The number of H-pyrrole nitrogens is 1. The lowest BCUT2D eigenvalue weighted by molar-refractivity contribution is 0.0700. The lowest BCUT2D eigenvalue weighted by Gasteiger charge is -2.32. The minimum absolute atomic E-state index is 0.00107. The van der Waals surface area contributed by atoms with Crippen LogP contribution in [-0.2, 0) is 0 Å². The molecule has 0 spiro atoms. The van der Waals surface area contributed by atoms with Gasteiger partial charge in [-0.2, -0.15) is 5.10 Å². The van der Waals surface area contributed by atoms with Gasteiger partial charge in [0.25, 0.3) is 5.91 Å². The molecule has 3 aromatic rings. The van der Waals surface area contributed by atoms with E-state index in [1.807, 2.05) is 41.3 Å². The molecule has 1 amide bonds. The molecule has 0 saturated carbocycles. The lowest BCUT2D eigenvalue weighted by Crippen LogP contribution is -2.39. The van der Waals surface area contributed by atoms with E-state index in [2.05, 4.69) is 16.3 Å². The third kappa shape index (κ3) is 3.69. The van der Waals surface area contributed by atoms with Crippen LogP contribution in [0.3, 0.4) is 0 Å². The van der Waals surface area contributed by atoms with E-state index in [-0.39, 0.29) is 11.8 Å². The van der Waals surface area contributed by atoms with Gasteiger partial charge in [-0.1, -0.05) is 18.2 Å². The Morgan fingerprint density at radius 1 is 1.22 bits per heavy atom. The van der Waals surface area contributed by atoms with Crippen LogP contribution in [0.15, 0.2) is 54.7 Å². The van der Waals surface area contributed by atoms with E-state index >= 15 is 0 Å². The first-order valence-electron chi connectivity index (χ1n) is 9.14. The van der Waals surface area contributed by atoms with Crippen LogP contribution in [0, 0.1) is 0 Å². The number of benzene rings is 1. The number of carbonyl (C=O) groups excluding carboxylic acids is 1. The first kappa shape index (κ1) is 17.3. The Labute approximate surface area is 158 Å². The van der Waals surface area contributed by atoms with Crippen molar-refractivity contribution in [1.82, 2.24) is 20.1 Å². The largest absolute Gasteiger partial charge is 0.497 e. The molecule has 0 aliphatic carbocycles. The molecule has 0 radical (unpaired) electrons. The second kappa shape index (κ2) is 7.61. The maximum Gasteiger partial charge on any atom is 0.271 e. The average Bonchev–Trinajstić information content (AvgIpc) is 3.28. The third-order valence-corrected chi connectivity index (χ3v) is 4.99. The highest BCUT2D eigenvalue weighted by Crippen LogP contribution is 2.29. The van der Waals surface area contributed by atoms with Crippen LogP contribution < -0.4 is 4.74 Å². The topological polar surface area (TPSA) is 71.1 Å². The Bertz CT molecular complexity index is 923. The van der Waals surface area contributed by atoms with E-state index in [0.717, 1.165) is 42.1 Å². The number of nitrogens with one attached hydrogen (secondary N) is 1. The maximum absolute atomic E-state index is 12.6. The molecule has 1 aliphatic heterocycles. The smallest absolute Gasteiger partial charge is 0.271 e. The van der Waals surface area contributed by atoms with Crippen molar-refractivity contribution in [3.8, 4) is 17.0 Å². The molecule has 1 aromatic carbocycles. The normalized spacial score (nSPS) is 16.9. The fourth-order valence-electron chi connectivity index (χ4n) is 3.57. The van der Waals surface area contributed by atoms with Crippen molar-refractivity contribution >= 4 is 5.91 Å². The summed E-state index contributed by atoms with van der Waals surface area (Å²) in [6.45, 7) is 1.44. The molecule has 1 unspecified atom stereocenters. The van der Waals surface area contributed by atoms with Gasteiger partial charge in [0.15, 0.2) is 0 Å². The fraction of sp³-hybridized carbons (Fsp3) is 0.286. The molecule has 1 saturated heterocycles. The molecule has 1 N–H and O–H groups in total. The summed E-state index contributed by atoms with van der Waals surface area (Å²) in [6, 6.07) is 15.7. The van der Waals surface area contributed by atoms with E-state index in [1.54, 1.807) is 19.4 Å². The maximum atomic E-state index is 12.6. The minimum atomic E-state index is 0.00107. The van der Waals surface area contributed by atoms with Crippen LogP contribution in [-0.4, -0.2) is 46.2 Å². The molecule has 27 heavy (non-hydrogen) atoms. The van der Waals surface area contributed by atoms with Gasteiger partial charge in [-0.3, -0.25) is 14.9 Å². The van der Waals surface area contributed by atoms with Crippen molar-refractivity contribution in [2.24, 2.45) is 0 Å². The van der Waals surface area contributed by atoms with E-state index in [0.29, 0.717) is 12.2 Å².